The first kappa shape index (κ1) is 18.6. The molecule has 0 saturated heterocycles. The first-order chi connectivity index (χ1) is 12.1. The Bertz CT molecular complexity index is 713. The van der Waals surface area contributed by atoms with E-state index in [2.05, 4.69) is 11.1 Å². The molecule has 2 rings (SSSR count). The minimum atomic E-state index is -0.814. The molecule has 0 saturated carbocycles. The van der Waals surface area contributed by atoms with Crippen LogP contribution in [0.4, 0.5) is 0 Å². The maximum Gasteiger partial charge on any atom is 0.306 e. The number of aliphatic carboxylic acids is 1. The smallest absolute Gasteiger partial charge is 0.306 e. The quantitative estimate of drug-likeness (QED) is 0.709. The summed E-state index contributed by atoms with van der Waals surface area (Å²) in [4.78, 5) is 26.6. The predicted molar refractivity (Wildman–Crippen MR) is 94.4 cm³/mol. The third-order valence-corrected chi connectivity index (χ3v) is 3.79. The van der Waals surface area contributed by atoms with Crippen molar-refractivity contribution < 1.29 is 19.4 Å². The van der Waals surface area contributed by atoms with Gasteiger partial charge in [-0.2, -0.15) is 0 Å². The van der Waals surface area contributed by atoms with Crippen LogP contribution < -0.4 is 0 Å². The average Bonchev–Trinajstić information content (AvgIpc) is 2.59. The van der Waals surface area contributed by atoms with E-state index in [4.69, 9.17) is 9.84 Å². The molecule has 0 spiro atoms. The maximum absolute atomic E-state index is 11.6. The summed E-state index contributed by atoms with van der Waals surface area (Å²) in [6.07, 6.45) is 5.75. The summed E-state index contributed by atoms with van der Waals surface area (Å²) < 4.78 is 4.97. The molecule has 25 heavy (non-hydrogen) atoms. The number of carbonyl (C=O) groups is 2. The normalized spacial score (nSPS) is 10.4. The highest BCUT2D eigenvalue weighted by Crippen LogP contribution is 2.17. The predicted octanol–water partition coefficient (Wildman–Crippen LogP) is 3.19. The molecular formula is C20H23NO4. The van der Waals surface area contributed by atoms with Gasteiger partial charge >= 0.3 is 11.9 Å². The van der Waals surface area contributed by atoms with Gasteiger partial charge in [0.1, 0.15) is 0 Å². The van der Waals surface area contributed by atoms with E-state index in [1.54, 1.807) is 13.1 Å². The number of carboxylic acid groups (broad SMARTS) is 1. The third kappa shape index (κ3) is 6.75. The molecule has 0 fully saturated rings. The van der Waals surface area contributed by atoms with Crippen molar-refractivity contribution in [1.29, 1.82) is 0 Å². The van der Waals surface area contributed by atoms with Crippen LogP contribution >= 0.6 is 0 Å². The zero-order chi connectivity index (χ0) is 18.1. The minimum Gasteiger partial charge on any atom is -0.481 e. The Hall–Kier alpha value is -2.69. The van der Waals surface area contributed by atoms with Crippen LogP contribution in [0.25, 0.3) is 0 Å². The molecular weight excluding hydrogens is 318 g/mol. The van der Waals surface area contributed by atoms with Crippen molar-refractivity contribution >= 4 is 11.9 Å². The molecule has 1 aromatic carbocycles. The van der Waals surface area contributed by atoms with Crippen molar-refractivity contribution in [2.75, 3.05) is 6.61 Å². The number of esters is 1. The molecule has 2 aromatic rings. The van der Waals surface area contributed by atoms with Gasteiger partial charge in [-0.15, -0.1) is 0 Å². The lowest BCUT2D eigenvalue weighted by Crippen LogP contribution is -2.06. The number of aromatic nitrogens is 1. The summed E-state index contributed by atoms with van der Waals surface area (Å²) in [7, 11) is 0. The van der Waals surface area contributed by atoms with Gasteiger partial charge < -0.3 is 9.84 Å². The van der Waals surface area contributed by atoms with Gasteiger partial charge in [0, 0.05) is 25.2 Å². The molecule has 132 valence electrons. The van der Waals surface area contributed by atoms with Crippen LogP contribution in [0, 0.1) is 0 Å². The Morgan fingerprint density at radius 3 is 2.32 bits per heavy atom. The SMILES string of the molecule is CCOC(=O)CCc1cc(CCC(=O)O)cc(Cc2cccnc2)c1. The number of pyridine rings is 1. The second-order valence-corrected chi connectivity index (χ2v) is 5.89. The Labute approximate surface area is 147 Å². The summed E-state index contributed by atoms with van der Waals surface area (Å²) >= 11 is 0. The largest absolute Gasteiger partial charge is 0.481 e. The van der Waals surface area contributed by atoms with E-state index in [-0.39, 0.29) is 12.4 Å². The van der Waals surface area contributed by atoms with Gasteiger partial charge in [0.25, 0.3) is 0 Å². The van der Waals surface area contributed by atoms with Crippen molar-refractivity contribution in [1.82, 2.24) is 4.98 Å². The van der Waals surface area contributed by atoms with Crippen LogP contribution in [0.5, 0.6) is 0 Å². The summed E-state index contributed by atoms with van der Waals surface area (Å²) in [6.45, 7) is 2.17. The Morgan fingerprint density at radius 2 is 1.72 bits per heavy atom. The van der Waals surface area contributed by atoms with Crippen LogP contribution in [0.2, 0.25) is 0 Å². The molecule has 0 radical (unpaired) electrons. The number of hydrogen-bond acceptors (Lipinski definition) is 4. The van der Waals surface area contributed by atoms with Crippen LogP contribution in [0.15, 0.2) is 42.7 Å². The molecule has 5 heteroatoms. The molecule has 0 atom stereocenters. The highest BCUT2D eigenvalue weighted by Gasteiger charge is 2.08. The zero-order valence-corrected chi connectivity index (χ0v) is 14.4. The average molecular weight is 341 g/mol. The fraction of sp³-hybridized carbons (Fsp3) is 0.350. The zero-order valence-electron chi connectivity index (χ0n) is 14.4. The monoisotopic (exact) mass is 341 g/mol. The van der Waals surface area contributed by atoms with Gasteiger partial charge in [-0.25, -0.2) is 0 Å². The van der Waals surface area contributed by atoms with Crippen LogP contribution in [0.1, 0.15) is 42.0 Å². The number of benzene rings is 1. The number of aryl methyl sites for hydroxylation is 2. The molecule has 5 nitrogen and oxygen atoms in total. The van der Waals surface area contributed by atoms with E-state index in [0.29, 0.717) is 25.9 Å². The summed E-state index contributed by atoms with van der Waals surface area (Å²) in [5.74, 6) is -1.03. The Balaban J connectivity index is 2.15. The lowest BCUT2D eigenvalue weighted by atomic mass is 9.96. The Kier molecular flexibility index (Phi) is 7.14. The molecule has 0 unspecified atom stereocenters. The van der Waals surface area contributed by atoms with E-state index in [1.807, 2.05) is 30.5 Å². The van der Waals surface area contributed by atoms with Crippen molar-refractivity contribution in [3.63, 3.8) is 0 Å². The molecule has 0 aliphatic carbocycles. The molecule has 0 aliphatic heterocycles. The summed E-state index contributed by atoms with van der Waals surface area (Å²) in [5, 5.41) is 8.91. The lowest BCUT2D eigenvalue weighted by Gasteiger charge is -2.10. The van der Waals surface area contributed by atoms with Crippen LogP contribution in [0.3, 0.4) is 0 Å². The first-order valence-electron chi connectivity index (χ1n) is 8.45. The number of rotatable bonds is 9. The Morgan fingerprint density at radius 1 is 1.04 bits per heavy atom. The highest BCUT2D eigenvalue weighted by atomic mass is 16.5. The van der Waals surface area contributed by atoms with Crippen LogP contribution in [-0.4, -0.2) is 28.6 Å². The fourth-order valence-corrected chi connectivity index (χ4v) is 2.70. The number of carboxylic acids is 1. The van der Waals surface area contributed by atoms with E-state index in [0.717, 1.165) is 28.7 Å². The molecule has 0 aliphatic rings. The number of carbonyl (C=O) groups excluding carboxylic acids is 1. The molecule has 1 N–H and O–H groups in total. The molecule has 0 amide bonds. The summed E-state index contributed by atoms with van der Waals surface area (Å²) in [6, 6.07) is 9.98. The van der Waals surface area contributed by atoms with E-state index >= 15 is 0 Å². The second kappa shape index (κ2) is 9.57. The van der Waals surface area contributed by atoms with E-state index in [1.165, 1.54) is 0 Å². The van der Waals surface area contributed by atoms with Gasteiger partial charge in [0.2, 0.25) is 0 Å². The molecule has 0 bridgehead atoms. The van der Waals surface area contributed by atoms with Crippen LogP contribution in [-0.2, 0) is 33.6 Å². The third-order valence-electron chi connectivity index (χ3n) is 3.79. The maximum atomic E-state index is 11.6. The second-order valence-electron chi connectivity index (χ2n) is 5.89. The topological polar surface area (TPSA) is 76.5 Å². The summed E-state index contributed by atoms with van der Waals surface area (Å²) in [5.41, 5.74) is 4.18. The number of nitrogens with zero attached hydrogens (tertiary/aromatic N) is 1. The van der Waals surface area contributed by atoms with Crippen molar-refractivity contribution in [3.8, 4) is 0 Å². The van der Waals surface area contributed by atoms with Gasteiger partial charge in [-0.05, 0) is 54.5 Å². The van der Waals surface area contributed by atoms with Crippen molar-refractivity contribution in [2.24, 2.45) is 0 Å². The van der Waals surface area contributed by atoms with Gasteiger partial charge in [0.05, 0.1) is 6.61 Å². The minimum absolute atomic E-state index is 0.0909. The van der Waals surface area contributed by atoms with Gasteiger partial charge in [-0.3, -0.25) is 14.6 Å². The van der Waals surface area contributed by atoms with Crippen molar-refractivity contribution in [2.45, 2.75) is 39.0 Å². The van der Waals surface area contributed by atoms with Gasteiger partial charge in [0.15, 0.2) is 0 Å². The number of ether oxygens (including phenoxy) is 1. The van der Waals surface area contributed by atoms with E-state index in [9.17, 15) is 9.59 Å². The van der Waals surface area contributed by atoms with Gasteiger partial charge in [-0.1, -0.05) is 24.3 Å². The van der Waals surface area contributed by atoms with Crippen molar-refractivity contribution in [3.05, 3.63) is 65.0 Å². The molecule has 1 aromatic heterocycles. The highest BCUT2D eigenvalue weighted by molar-refractivity contribution is 5.69. The first-order valence-corrected chi connectivity index (χ1v) is 8.45. The fourth-order valence-electron chi connectivity index (χ4n) is 2.70. The van der Waals surface area contributed by atoms with E-state index < -0.39 is 5.97 Å². The number of hydrogen-bond donors (Lipinski definition) is 1. The standard InChI is InChI=1S/C20H23NO4/c1-2-25-20(24)8-6-16-10-15(5-7-19(22)23)11-18(12-16)13-17-4-3-9-21-14-17/h3-4,9-12,14H,2,5-8,13H2,1H3,(H,22,23). The lowest BCUT2D eigenvalue weighted by molar-refractivity contribution is -0.143. The molecule has 1 heterocycles.